The van der Waals surface area contributed by atoms with Crippen molar-refractivity contribution in [2.24, 2.45) is 0 Å². The molecular formula is C11H25BO5. The van der Waals surface area contributed by atoms with Crippen LogP contribution >= 0.6 is 0 Å². The smallest absolute Gasteiger partial charge is 0.427 e. The molecule has 1 fully saturated rings. The molecule has 0 bridgehead atoms. The largest absolute Gasteiger partial charge is 0.454 e. The van der Waals surface area contributed by atoms with Crippen molar-refractivity contribution in [2.75, 3.05) is 13.2 Å². The Morgan fingerprint density at radius 3 is 1.47 bits per heavy atom. The molecule has 6 heteroatoms. The van der Waals surface area contributed by atoms with E-state index < -0.39 is 18.3 Å². The maximum absolute atomic E-state index is 9.10. The SMILES string of the molecule is CC(C)(O)C(C)(C)O.OB(O)C1CCOCC1. The highest BCUT2D eigenvalue weighted by molar-refractivity contribution is 6.43. The van der Waals surface area contributed by atoms with Crippen LogP contribution in [0.15, 0.2) is 0 Å². The number of rotatable bonds is 2. The second-order valence-electron chi connectivity index (χ2n) is 5.48. The Morgan fingerprint density at radius 2 is 1.29 bits per heavy atom. The van der Waals surface area contributed by atoms with Crippen LogP contribution in [-0.2, 0) is 4.74 Å². The highest BCUT2D eigenvalue weighted by atomic mass is 16.5. The number of ether oxygens (including phenoxy) is 1. The van der Waals surface area contributed by atoms with E-state index in [1.54, 1.807) is 27.7 Å². The first kappa shape index (κ1) is 16.9. The lowest BCUT2D eigenvalue weighted by atomic mass is 9.69. The van der Waals surface area contributed by atoms with Crippen LogP contribution in [0.25, 0.3) is 0 Å². The Kier molecular flexibility index (Phi) is 6.65. The summed E-state index contributed by atoms with van der Waals surface area (Å²) in [7, 11) is -1.14. The Bertz CT molecular complexity index is 189. The van der Waals surface area contributed by atoms with Crippen LogP contribution in [0.1, 0.15) is 40.5 Å². The third kappa shape index (κ3) is 7.01. The highest BCUT2D eigenvalue weighted by Gasteiger charge is 2.31. The van der Waals surface area contributed by atoms with Gasteiger partial charge in [0.25, 0.3) is 0 Å². The van der Waals surface area contributed by atoms with Crippen molar-refractivity contribution in [3.8, 4) is 0 Å². The molecule has 0 radical (unpaired) electrons. The normalized spacial score (nSPS) is 18.4. The molecule has 1 saturated heterocycles. The van der Waals surface area contributed by atoms with E-state index >= 15 is 0 Å². The van der Waals surface area contributed by atoms with Gasteiger partial charge >= 0.3 is 7.12 Å². The van der Waals surface area contributed by atoms with Gasteiger partial charge in [0, 0.05) is 13.2 Å². The fourth-order valence-electron chi connectivity index (χ4n) is 1.01. The van der Waals surface area contributed by atoms with Gasteiger partial charge in [-0.05, 0) is 46.4 Å². The summed E-state index contributed by atoms with van der Waals surface area (Å²) in [5.74, 6) is 0.0405. The van der Waals surface area contributed by atoms with Crippen molar-refractivity contribution in [1.29, 1.82) is 0 Å². The second kappa shape index (κ2) is 6.71. The van der Waals surface area contributed by atoms with Gasteiger partial charge in [0.15, 0.2) is 0 Å². The fraction of sp³-hybridized carbons (Fsp3) is 1.00. The molecule has 0 aliphatic carbocycles. The minimum absolute atomic E-state index is 0.0405. The van der Waals surface area contributed by atoms with Gasteiger partial charge in [-0.1, -0.05) is 0 Å². The molecule has 5 nitrogen and oxygen atoms in total. The molecule has 1 aliphatic heterocycles. The van der Waals surface area contributed by atoms with Gasteiger partial charge in [0.2, 0.25) is 0 Å². The van der Waals surface area contributed by atoms with E-state index in [9.17, 15) is 0 Å². The van der Waals surface area contributed by atoms with E-state index in [4.69, 9.17) is 25.0 Å². The molecule has 1 rings (SSSR count). The lowest BCUT2D eigenvalue weighted by Crippen LogP contribution is -2.44. The fourth-order valence-corrected chi connectivity index (χ4v) is 1.01. The van der Waals surface area contributed by atoms with Crippen LogP contribution in [0.5, 0.6) is 0 Å². The first-order valence-corrected chi connectivity index (χ1v) is 5.94. The standard InChI is InChI=1S/C6H14O2.C5H11BO3/c1-5(2,7)6(3,4)8;7-6(8)5-1-3-9-4-2-5/h7-8H,1-4H3;5,7-8H,1-4H2. The predicted molar refractivity (Wildman–Crippen MR) is 66.6 cm³/mol. The van der Waals surface area contributed by atoms with Crippen molar-refractivity contribution < 1.29 is 25.0 Å². The first-order chi connectivity index (χ1) is 7.55. The van der Waals surface area contributed by atoms with Crippen LogP contribution in [0.3, 0.4) is 0 Å². The van der Waals surface area contributed by atoms with Crippen molar-refractivity contribution in [3.63, 3.8) is 0 Å². The topological polar surface area (TPSA) is 90.2 Å². The zero-order valence-electron chi connectivity index (χ0n) is 11.2. The summed E-state index contributed by atoms with van der Waals surface area (Å²) in [5.41, 5.74) is -2.01. The molecule has 17 heavy (non-hydrogen) atoms. The number of hydrogen-bond donors (Lipinski definition) is 4. The van der Waals surface area contributed by atoms with Gasteiger partial charge in [-0.15, -0.1) is 0 Å². The average molecular weight is 248 g/mol. The van der Waals surface area contributed by atoms with Crippen molar-refractivity contribution in [1.82, 2.24) is 0 Å². The minimum Gasteiger partial charge on any atom is -0.427 e. The van der Waals surface area contributed by atoms with Crippen molar-refractivity contribution in [3.05, 3.63) is 0 Å². The van der Waals surface area contributed by atoms with E-state index in [-0.39, 0.29) is 5.82 Å². The molecule has 0 amide bonds. The Hall–Kier alpha value is -0.135. The molecule has 4 N–H and O–H groups in total. The van der Waals surface area contributed by atoms with Gasteiger partial charge in [0.1, 0.15) is 0 Å². The molecule has 0 saturated carbocycles. The summed E-state index contributed by atoms with van der Waals surface area (Å²) in [4.78, 5) is 0. The molecule has 1 aliphatic rings. The molecule has 0 atom stereocenters. The minimum atomic E-state index is -1.14. The average Bonchev–Trinajstić information content (AvgIpc) is 2.17. The summed E-state index contributed by atoms with van der Waals surface area (Å²) in [6, 6.07) is 0. The number of hydrogen-bond acceptors (Lipinski definition) is 5. The van der Waals surface area contributed by atoms with E-state index in [1.807, 2.05) is 0 Å². The molecule has 0 spiro atoms. The Morgan fingerprint density at radius 1 is 0.941 bits per heavy atom. The molecule has 1 heterocycles. The van der Waals surface area contributed by atoms with Crippen molar-refractivity contribution >= 4 is 7.12 Å². The van der Waals surface area contributed by atoms with Gasteiger partial charge in [-0.2, -0.15) is 0 Å². The van der Waals surface area contributed by atoms with Crippen molar-refractivity contribution in [2.45, 2.75) is 57.6 Å². The summed E-state index contributed by atoms with van der Waals surface area (Å²) >= 11 is 0. The summed E-state index contributed by atoms with van der Waals surface area (Å²) in [6.45, 7) is 7.64. The Labute approximate surface area is 104 Å². The first-order valence-electron chi connectivity index (χ1n) is 5.94. The molecule has 0 aromatic carbocycles. The quantitative estimate of drug-likeness (QED) is 0.523. The highest BCUT2D eigenvalue weighted by Crippen LogP contribution is 2.21. The molecule has 0 unspecified atom stereocenters. The summed E-state index contributed by atoms with van der Waals surface area (Å²) < 4.78 is 5.03. The zero-order valence-corrected chi connectivity index (χ0v) is 11.2. The summed E-state index contributed by atoms with van der Waals surface area (Å²) in [6.07, 6.45) is 1.55. The van der Waals surface area contributed by atoms with Gasteiger partial charge in [0.05, 0.1) is 11.2 Å². The van der Waals surface area contributed by atoms with Crippen LogP contribution in [0.2, 0.25) is 5.82 Å². The van der Waals surface area contributed by atoms with Gasteiger partial charge in [-0.3, -0.25) is 0 Å². The van der Waals surface area contributed by atoms with E-state index in [0.717, 1.165) is 12.8 Å². The van der Waals surface area contributed by atoms with E-state index in [0.29, 0.717) is 13.2 Å². The molecular weight excluding hydrogens is 223 g/mol. The Balaban J connectivity index is 0.000000304. The van der Waals surface area contributed by atoms with Crippen LogP contribution in [0.4, 0.5) is 0 Å². The maximum Gasteiger partial charge on any atom is 0.454 e. The predicted octanol–water partition coefficient (Wildman–Crippen LogP) is 0.168. The van der Waals surface area contributed by atoms with E-state index in [2.05, 4.69) is 0 Å². The maximum atomic E-state index is 9.10. The van der Waals surface area contributed by atoms with Gasteiger partial charge in [-0.25, -0.2) is 0 Å². The van der Waals surface area contributed by atoms with Crippen LogP contribution < -0.4 is 0 Å². The van der Waals surface area contributed by atoms with Crippen LogP contribution in [-0.4, -0.2) is 51.8 Å². The van der Waals surface area contributed by atoms with Gasteiger partial charge < -0.3 is 25.0 Å². The monoisotopic (exact) mass is 248 g/mol. The lowest BCUT2D eigenvalue weighted by molar-refractivity contribution is -0.107. The lowest BCUT2D eigenvalue weighted by Gasteiger charge is -2.31. The molecule has 102 valence electrons. The summed E-state index contributed by atoms with van der Waals surface area (Å²) in [5, 5.41) is 35.6. The zero-order chi connectivity index (χ0) is 13.7. The third-order valence-electron chi connectivity index (χ3n) is 3.18. The molecule has 0 aromatic heterocycles. The second-order valence-corrected chi connectivity index (χ2v) is 5.48. The van der Waals surface area contributed by atoms with Crippen LogP contribution in [0, 0.1) is 0 Å². The number of aliphatic hydroxyl groups is 2. The van der Waals surface area contributed by atoms with E-state index in [1.165, 1.54) is 0 Å². The third-order valence-corrected chi connectivity index (χ3v) is 3.18. The molecule has 0 aromatic rings.